The summed E-state index contributed by atoms with van der Waals surface area (Å²) in [6, 6.07) is 24.4. The molecule has 0 saturated heterocycles. The summed E-state index contributed by atoms with van der Waals surface area (Å²) in [4.78, 5) is 0. The van der Waals surface area contributed by atoms with Gasteiger partial charge in [0, 0.05) is 0 Å². The highest BCUT2D eigenvalue weighted by molar-refractivity contribution is 9.10. The first-order chi connectivity index (χ1) is 15.2. The molecule has 0 fully saturated rings. The normalized spacial score (nSPS) is 11.9. The first-order valence-electron chi connectivity index (χ1n) is 11.0. The van der Waals surface area contributed by atoms with Gasteiger partial charge in [0.05, 0.1) is 11.1 Å². The molecule has 0 aliphatic heterocycles. The second-order valence-electron chi connectivity index (χ2n) is 9.50. The third-order valence-corrected chi connectivity index (χ3v) is 11.0. The van der Waals surface area contributed by atoms with Crippen LogP contribution >= 0.6 is 15.9 Å². The van der Waals surface area contributed by atoms with Gasteiger partial charge in [0.1, 0.15) is 13.2 Å². The van der Waals surface area contributed by atoms with Gasteiger partial charge >= 0.3 is 0 Å². The lowest BCUT2D eigenvalue weighted by molar-refractivity contribution is 0.250. The Balaban J connectivity index is 1.82. The second kappa shape index (κ2) is 10.7. The Morgan fingerprint density at radius 3 is 1.78 bits per heavy atom. The fourth-order valence-electron chi connectivity index (χ4n) is 2.90. The van der Waals surface area contributed by atoms with E-state index in [0.29, 0.717) is 31.3 Å². The molecule has 0 unspecified atom stereocenters. The minimum Gasteiger partial charge on any atom is -0.485 e. The quantitative estimate of drug-likeness (QED) is 0.270. The molecule has 0 bridgehead atoms. The van der Waals surface area contributed by atoms with E-state index in [1.807, 2.05) is 42.5 Å². The Morgan fingerprint density at radius 2 is 1.25 bits per heavy atom. The van der Waals surface area contributed by atoms with Crippen LogP contribution in [0, 0.1) is 0 Å². The van der Waals surface area contributed by atoms with Crippen LogP contribution in [0.1, 0.15) is 37.5 Å². The van der Waals surface area contributed by atoms with E-state index >= 15 is 0 Å². The lowest BCUT2D eigenvalue weighted by Gasteiger charge is -2.36. The third kappa shape index (κ3) is 6.71. The molecule has 0 amide bonds. The van der Waals surface area contributed by atoms with Crippen molar-refractivity contribution in [2.24, 2.45) is 0 Å². The van der Waals surface area contributed by atoms with Crippen LogP contribution in [0.15, 0.2) is 77.3 Å². The van der Waals surface area contributed by atoms with Crippen LogP contribution in [-0.2, 0) is 24.2 Å². The predicted molar refractivity (Wildman–Crippen MR) is 138 cm³/mol. The van der Waals surface area contributed by atoms with Gasteiger partial charge in [-0.3, -0.25) is 0 Å². The van der Waals surface area contributed by atoms with E-state index in [4.69, 9.17) is 13.9 Å². The van der Waals surface area contributed by atoms with Crippen molar-refractivity contribution >= 4 is 24.2 Å². The first-order valence-corrected chi connectivity index (χ1v) is 14.7. The van der Waals surface area contributed by atoms with Crippen molar-refractivity contribution in [3.05, 3.63) is 94.0 Å². The monoisotopic (exact) mass is 512 g/mol. The van der Waals surface area contributed by atoms with Gasteiger partial charge in [0.15, 0.2) is 19.8 Å². The van der Waals surface area contributed by atoms with Crippen molar-refractivity contribution in [3.63, 3.8) is 0 Å². The summed E-state index contributed by atoms with van der Waals surface area (Å²) in [6.07, 6.45) is 0. The minimum atomic E-state index is -1.85. The summed E-state index contributed by atoms with van der Waals surface area (Å²) < 4.78 is 19.7. The maximum absolute atomic E-state index is 6.44. The van der Waals surface area contributed by atoms with E-state index < -0.39 is 8.32 Å². The van der Waals surface area contributed by atoms with Crippen LogP contribution in [0.4, 0.5) is 0 Å². The summed E-state index contributed by atoms with van der Waals surface area (Å²) in [6.45, 7) is 12.8. The molecule has 0 N–H and O–H groups in total. The largest absolute Gasteiger partial charge is 0.485 e. The number of benzene rings is 3. The van der Waals surface area contributed by atoms with Crippen molar-refractivity contribution in [2.75, 3.05) is 0 Å². The standard InChI is InChI=1S/C27H33BrO3Si/c1-27(2,3)32(4,5)31-20-23-16-24(28)26(30-19-22-14-10-7-11-15-22)25(17-23)29-18-21-12-8-6-9-13-21/h6-17H,18-20H2,1-5H3. The van der Waals surface area contributed by atoms with Gasteiger partial charge < -0.3 is 13.9 Å². The molecule has 32 heavy (non-hydrogen) atoms. The first kappa shape index (κ1) is 24.6. The topological polar surface area (TPSA) is 27.7 Å². The van der Waals surface area contributed by atoms with E-state index in [2.05, 4.69) is 80.1 Å². The van der Waals surface area contributed by atoms with Crippen molar-refractivity contribution in [3.8, 4) is 11.5 Å². The van der Waals surface area contributed by atoms with Gasteiger partial charge in [-0.25, -0.2) is 0 Å². The summed E-state index contributed by atoms with van der Waals surface area (Å²) in [5, 5.41) is 0.162. The molecule has 170 valence electrons. The number of hydrogen-bond acceptors (Lipinski definition) is 3. The predicted octanol–water partition coefficient (Wildman–Crippen LogP) is 8.13. The molecule has 0 aliphatic carbocycles. The maximum Gasteiger partial charge on any atom is 0.192 e. The van der Waals surface area contributed by atoms with Crippen LogP contribution in [-0.4, -0.2) is 8.32 Å². The Morgan fingerprint density at radius 1 is 0.719 bits per heavy atom. The highest BCUT2D eigenvalue weighted by Crippen LogP contribution is 2.40. The van der Waals surface area contributed by atoms with Gasteiger partial charge in [-0.15, -0.1) is 0 Å². The zero-order valence-corrected chi connectivity index (χ0v) is 22.2. The summed E-state index contributed by atoms with van der Waals surface area (Å²) in [5.74, 6) is 1.42. The SMILES string of the molecule is CC(C)(C)[Si](C)(C)OCc1cc(Br)c(OCc2ccccc2)c(OCc2ccccc2)c1. The summed E-state index contributed by atoms with van der Waals surface area (Å²) in [5.41, 5.74) is 3.29. The number of ether oxygens (including phenoxy) is 2. The summed E-state index contributed by atoms with van der Waals surface area (Å²) >= 11 is 3.71. The molecular weight excluding hydrogens is 480 g/mol. The molecule has 3 aromatic carbocycles. The number of halogens is 1. The molecule has 0 saturated carbocycles. The Kier molecular flexibility index (Phi) is 8.20. The fraction of sp³-hybridized carbons (Fsp3) is 0.333. The van der Waals surface area contributed by atoms with Crippen LogP contribution in [0.3, 0.4) is 0 Å². The molecule has 3 nitrogen and oxygen atoms in total. The van der Waals surface area contributed by atoms with Crippen LogP contribution < -0.4 is 9.47 Å². The van der Waals surface area contributed by atoms with Crippen molar-refractivity contribution < 1.29 is 13.9 Å². The lowest BCUT2D eigenvalue weighted by atomic mass is 10.2. The highest BCUT2D eigenvalue weighted by Gasteiger charge is 2.37. The van der Waals surface area contributed by atoms with Gasteiger partial charge in [0.2, 0.25) is 0 Å². The lowest BCUT2D eigenvalue weighted by Crippen LogP contribution is -2.40. The zero-order valence-electron chi connectivity index (χ0n) is 19.7. The van der Waals surface area contributed by atoms with Crippen LogP contribution in [0.25, 0.3) is 0 Å². The van der Waals surface area contributed by atoms with E-state index in [0.717, 1.165) is 21.2 Å². The zero-order chi connectivity index (χ0) is 23.2. The van der Waals surface area contributed by atoms with Gasteiger partial charge in [0.25, 0.3) is 0 Å². The molecule has 0 heterocycles. The molecule has 3 rings (SSSR count). The number of rotatable bonds is 9. The molecule has 0 aromatic heterocycles. The van der Waals surface area contributed by atoms with Crippen molar-refractivity contribution in [1.82, 2.24) is 0 Å². The van der Waals surface area contributed by atoms with E-state index in [1.165, 1.54) is 0 Å². The molecular formula is C27H33BrO3Si. The van der Waals surface area contributed by atoms with E-state index in [1.54, 1.807) is 0 Å². The average molecular weight is 514 g/mol. The van der Waals surface area contributed by atoms with Gasteiger partial charge in [-0.05, 0) is 62.9 Å². The summed E-state index contributed by atoms with van der Waals surface area (Å²) in [7, 11) is -1.85. The smallest absolute Gasteiger partial charge is 0.192 e. The van der Waals surface area contributed by atoms with Gasteiger partial charge in [-0.1, -0.05) is 81.4 Å². The fourth-order valence-corrected chi connectivity index (χ4v) is 4.46. The molecule has 0 aliphatic rings. The Bertz CT molecular complexity index is 999. The molecule has 0 radical (unpaired) electrons. The molecule has 0 atom stereocenters. The molecule has 0 spiro atoms. The van der Waals surface area contributed by atoms with Crippen LogP contribution in [0.2, 0.25) is 18.1 Å². The Hall–Kier alpha value is -2.08. The van der Waals surface area contributed by atoms with E-state index in [-0.39, 0.29) is 5.04 Å². The maximum atomic E-state index is 6.44. The third-order valence-electron chi connectivity index (χ3n) is 5.94. The van der Waals surface area contributed by atoms with Crippen molar-refractivity contribution in [2.45, 2.75) is 58.7 Å². The highest BCUT2D eigenvalue weighted by atomic mass is 79.9. The van der Waals surface area contributed by atoms with Gasteiger partial charge in [-0.2, -0.15) is 0 Å². The Labute approximate surface area is 202 Å². The molecule has 5 heteroatoms. The minimum absolute atomic E-state index is 0.162. The van der Waals surface area contributed by atoms with Crippen LogP contribution in [0.5, 0.6) is 11.5 Å². The second-order valence-corrected chi connectivity index (χ2v) is 15.2. The average Bonchev–Trinajstić information content (AvgIpc) is 2.76. The molecule has 3 aromatic rings. The van der Waals surface area contributed by atoms with E-state index in [9.17, 15) is 0 Å². The number of hydrogen-bond donors (Lipinski definition) is 0. The van der Waals surface area contributed by atoms with Crippen molar-refractivity contribution in [1.29, 1.82) is 0 Å².